The van der Waals surface area contributed by atoms with E-state index in [0.717, 1.165) is 15.6 Å². The van der Waals surface area contributed by atoms with Crippen molar-refractivity contribution in [3.63, 3.8) is 0 Å². The highest BCUT2D eigenvalue weighted by atomic mass is 79.9. The van der Waals surface area contributed by atoms with E-state index in [2.05, 4.69) is 15.9 Å². The maximum Gasteiger partial charge on any atom is 0.310 e. The van der Waals surface area contributed by atoms with Crippen LogP contribution in [0.5, 0.6) is 0 Å². The molecule has 0 unspecified atom stereocenters. The van der Waals surface area contributed by atoms with Crippen LogP contribution in [0.3, 0.4) is 0 Å². The molecule has 0 saturated carbocycles. The molecular weight excluding hydrogens is 324 g/mol. The lowest BCUT2D eigenvalue weighted by Crippen LogP contribution is -2.09. The van der Waals surface area contributed by atoms with E-state index >= 15 is 0 Å². The predicted molar refractivity (Wildman–Crippen MR) is 79.4 cm³/mol. The Kier molecular flexibility index (Phi) is 7.30. The number of halogens is 1. The number of benzene rings is 1. The maximum atomic E-state index is 11.5. The number of hydrogen-bond acceptors (Lipinski definition) is 4. The molecule has 0 heterocycles. The zero-order valence-electron chi connectivity index (χ0n) is 11.8. The Morgan fingerprint density at radius 3 is 2.40 bits per heavy atom. The Labute approximate surface area is 127 Å². The van der Waals surface area contributed by atoms with Crippen LogP contribution in [0.2, 0.25) is 0 Å². The smallest absolute Gasteiger partial charge is 0.310 e. The van der Waals surface area contributed by atoms with Gasteiger partial charge in [0.05, 0.1) is 19.6 Å². The molecule has 0 saturated heterocycles. The van der Waals surface area contributed by atoms with Gasteiger partial charge in [-0.2, -0.15) is 0 Å². The van der Waals surface area contributed by atoms with Crippen molar-refractivity contribution in [3.8, 4) is 0 Å². The highest BCUT2D eigenvalue weighted by molar-refractivity contribution is 9.10. The Bertz CT molecular complexity index is 471. The second kappa shape index (κ2) is 8.74. The summed E-state index contributed by atoms with van der Waals surface area (Å²) < 4.78 is 10.7. The molecule has 5 heteroatoms. The van der Waals surface area contributed by atoms with Gasteiger partial charge in [-0.1, -0.05) is 28.1 Å². The van der Waals surface area contributed by atoms with Crippen LogP contribution < -0.4 is 0 Å². The zero-order chi connectivity index (χ0) is 15.0. The summed E-state index contributed by atoms with van der Waals surface area (Å²) in [5.41, 5.74) is 1.87. The van der Waals surface area contributed by atoms with Crippen molar-refractivity contribution in [2.24, 2.45) is 0 Å². The van der Waals surface area contributed by atoms with Gasteiger partial charge in [0.2, 0.25) is 0 Å². The molecule has 0 aromatic heterocycles. The molecule has 0 amide bonds. The number of aryl methyl sites for hydroxylation is 1. The van der Waals surface area contributed by atoms with E-state index in [0.29, 0.717) is 26.1 Å². The SMILES string of the molecule is CCOC(=O)CCc1ccc(Br)c(CC(=O)OCC)c1. The van der Waals surface area contributed by atoms with Crippen LogP contribution in [0, 0.1) is 0 Å². The monoisotopic (exact) mass is 342 g/mol. The first kappa shape index (κ1) is 16.7. The summed E-state index contributed by atoms with van der Waals surface area (Å²) >= 11 is 3.42. The summed E-state index contributed by atoms with van der Waals surface area (Å²) in [6.45, 7) is 4.34. The Morgan fingerprint density at radius 1 is 1.10 bits per heavy atom. The topological polar surface area (TPSA) is 52.6 Å². The number of rotatable bonds is 7. The second-order valence-electron chi connectivity index (χ2n) is 4.21. The van der Waals surface area contributed by atoms with Crippen molar-refractivity contribution in [1.82, 2.24) is 0 Å². The predicted octanol–water partition coefficient (Wildman–Crippen LogP) is 3.05. The van der Waals surface area contributed by atoms with Gasteiger partial charge in [0, 0.05) is 10.9 Å². The van der Waals surface area contributed by atoms with Gasteiger partial charge in [0.25, 0.3) is 0 Å². The van der Waals surface area contributed by atoms with Gasteiger partial charge in [-0.05, 0) is 37.5 Å². The van der Waals surface area contributed by atoms with Crippen molar-refractivity contribution >= 4 is 27.9 Å². The standard InChI is InChI=1S/C15H19BrO4/c1-3-19-14(17)8-6-11-5-7-13(16)12(9-11)10-15(18)20-4-2/h5,7,9H,3-4,6,8,10H2,1-2H3. The van der Waals surface area contributed by atoms with Crippen LogP contribution in [0.4, 0.5) is 0 Å². The molecule has 0 atom stereocenters. The molecule has 0 aliphatic rings. The van der Waals surface area contributed by atoms with E-state index < -0.39 is 0 Å². The molecule has 0 spiro atoms. The third-order valence-corrected chi connectivity index (χ3v) is 3.45. The molecule has 4 nitrogen and oxygen atoms in total. The molecule has 0 N–H and O–H groups in total. The summed E-state index contributed by atoms with van der Waals surface area (Å²) in [6, 6.07) is 5.73. The summed E-state index contributed by atoms with van der Waals surface area (Å²) in [4.78, 5) is 22.8. The highest BCUT2D eigenvalue weighted by Crippen LogP contribution is 2.20. The van der Waals surface area contributed by atoms with Crippen molar-refractivity contribution < 1.29 is 19.1 Å². The van der Waals surface area contributed by atoms with Crippen LogP contribution in [-0.4, -0.2) is 25.2 Å². The van der Waals surface area contributed by atoms with E-state index in [9.17, 15) is 9.59 Å². The average molecular weight is 343 g/mol. The first-order valence-electron chi connectivity index (χ1n) is 6.65. The second-order valence-corrected chi connectivity index (χ2v) is 5.07. The average Bonchev–Trinajstić information content (AvgIpc) is 2.40. The number of hydrogen-bond donors (Lipinski definition) is 0. The molecule has 1 aromatic carbocycles. The minimum atomic E-state index is -0.254. The Hall–Kier alpha value is -1.36. The molecule has 110 valence electrons. The highest BCUT2D eigenvalue weighted by Gasteiger charge is 2.09. The molecular formula is C15H19BrO4. The fraction of sp³-hybridized carbons (Fsp3) is 0.467. The lowest BCUT2D eigenvalue weighted by Gasteiger charge is -2.08. The Balaban J connectivity index is 2.66. The lowest BCUT2D eigenvalue weighted by molar-refractivity contribution is -0.143. The van der Waals surface area contributed by atoms with Gasteiger partial charge in [-0.15, -0.1) is 0 Å². The summed E-state index contributed by atoms with van der Waals surface area (Å²) in [6.07, 6.45) is 1.16. The Morgan fingerprint density at radius 2 is 1.75 bits per heavy atom. The van der Waals surface area contributed by atoms with E-state index in [1.165, 1.54) is 0 Å². The van der Waals surface area contributed by atoms with Crippen molar-refractivity contribution in [3.05, 3.63) is 33.8 Å². The first-order valence-corrected chi connectivity index (χ1v) is 7.44. The van der Waals surface area contributed by atoms with Gasteiger partial charge in [0.1, 0.15) is 0 Å². The summed E-state index contributed by atoms with van der Waals surface area (Å²) in [7, 11) is 0. The number of ether oxygens (including phenoxy) is 2. The third-order valence-electron chi connectivity index (χ3n) is 2.67. The van der Waals surface area contributed by atoms with Gasteiger partial charge in [-0.25, -0.2) is 0 Å². The van der Waals surface area contributed by atoms with Gasteiger partial charge in [-0.3, -0.25) is 9.59 Å². The number of esters is 2. The minimum absolute atomic E-state index is 0.206. The normalized spacial score (nSPS) is 10.2. The van der Waals surface area contributed by atoms with Gasteiger partial charge < -0.3 is 9.47 Å². The van der Waals surface area contributed by atoms with E-state index in [1.54, 1.807) is 13.8 Å². The maximum absolute atomic E-state index is 11.5. The molecule has 0 fully saturated rings. The molecule has 20 heavy (non-hydrogen) atoms. The van der Waals surface area contributed by atoms with E-state index in [4.69, 9.17) is 9.47 Å². The van der Waals surface area contributed by atoms with Crippen LogP contribution in [0.25, 0.3) is 0 Å². The molecule has 0 aliphatic heterocycles. The van der Waals surface area contributed by atoms with E-state index in [1.807, 2.05) is 18.2 Å². The molecule has 1 aromatic rings. The molecule has 0 bridgehead atoms. The molecule has 1 rings (SSSR count). The van der Waals surface area contributed by atoms with Gasteiger partial charge in [0.15, 0.2) is 0 Å². The third kappa shape index (κ3) is 5.74. The van der Waals surface area contributed by atoms with Crippen LogP contribution in [0.15, 0.2) is 22.7 Å². The lowest BCUT2D eigenvalue weighted by atomic mass is 10.0. The minimum Gasteiger partial charge on any atom is -0.466 e. The number of carbonyl (C=O) groups is 2. The summed E-state index contributed by atoms with van der Waals surface area (Å²) in [5.74, 6) is -0.460. The molecule has 0 radical (unpaired) electrons. The van der Waals surface area contributed by atoms with Gasteiger partial charge >= 0.3 is 11.9 Å². The zero-order valence-corrected chi connectivity index (χ0v) is 13.4. The quantitative estimate of drug-likeness (QED) is 0.714. The van der Waals surface area contributed by atoms with Crippen molar-refractivity contribution in [2.45, 2.75) is 33.1 Å². The first-order chi connectivity index (χ1) is 9.56. The van der Waals surface area contributed by atoms with Crippen LogP contribution in [-0.2, 0) is 31.9 Å². The van der Waals surface area contributed by atoms with Crippen molar-refractivity contribution in [2.75, 3.05) is 13.2 Å². The molecule has 0 aliphatic carbocycles. The van der Waals surface area contributed by atoms with E-state index in [-0.39, 0.29) is 18.4 Å². The summed E-state index contributed by atoms with van der Waals surface area (Å²) in [5, 5.41) is 0. The largest absolute Gasteiger partial charge is 0.466 e. The van der Waals surface area contributed by atoms with Crippen LogP contribution >= 0.6 is 15.9 Å². The van der Waals surface area contributed by atoms with Crippen molar-refractivity contribution in [1.29, 1.82) is 0 Å². The fourth-order valence-electron chi connectivity index (χ4n) is 1.77. The fourth-order valence-corrected chi connectivity index (χ4v) is 2.15. The number of carbonyl (C=O) groups excluding carboxylic acids is 2. The van der Waals surface area contributed by atoms with Crippen LogP contribution in [0.1, 0.15) is 31.4 Å².